The number of nitrogens with two attached hydrogens (primary N) is 1. The molecule has 0 saturated heterocycles. The molecule has 0 fully saturated rings. The van der Waals surface area contributed by atoms with E-state index in [1.165, 1.54) is 11.3 Å². The SMILES string of the molecule is Cc1cc(C)c(S(=O)(=O)NC(CNC(=O)c2ccc(-c3cccc(NC(=N)N)c3)s2)C(=O)O)c(C)c1. The molecule has 36 heavy (non-hydrogen) atoms. The van der Waals surface area contributed by atoms with Crippen molar-refractivity contribution in [3.05, 3.63) is 70.1 Å². The number of benzene rings is 2. The zero-order valence-electron chi connectivity index (χ0n) is 19.9. The lowest BCUT2D eigenvalue weighted by atomic mass is 10.1. The Hall–Kier alpha value is -3.74. The van der Waals surface area contributed by atoms with Crippen molar-refractivity contribution >= 4 is 44.9 Å². The van der Waals surface area contributed by atoms with Gasteiger partial charge in [-0.1, -0.05) is 29.8 Å². The minimum absolute atomic E-state index is 0.0232. The third kappa shape index (κ3) is 6.47. The highest BCUT2D eigenvalue weighted by molar-refractivity contribution is 7.89. The van der Waals surface area contributed by atoms with Gasteiger partial charge in [0.15, 0.2) is 5.96 Å². The van der Waals surface area contributed by atoms with Gasteiger partial charge in [0.25, 0.3) is 5.91 Å². The van der Waals surface area contributed by atoms with E-state index in [9.17, 15) is 23.1 Å². The summed E-state index contributed by atoms with van der Waals surface area (Å²) in [6.45, 7) is 4.69. The van der Waals surface area contributed by atoms with Gasteiger partial charge in [-0.15, -0.1) is 11.3 Å². The number of hydrogen-bond donors (Lipinski definition) is 6. The van der Waals surface area contributed by atoms with Gasteiger partial charge in [0, 0.05) is 17.1 Å². The molecule has 0 saturated carbocycles. The number of carboxylic acid groups (broad SMARTS) is 1. The van der Waals surface area contributed by atoms with Gasteiger partial charge < -0.3 is 21.5 Å². The number of carbonyl (C=O) groups is 2. The zero-order valence-corrected chi connectivity index (χ0v) is 21.5. The first-order chi connectivity index (χ1) is 16.9. The van der Waals surface area contributed by atoms with Crippen molar-refractivity contribution < 1.29 is 23.1 Å². The molecule has 1 atom stereocenters. The van der Waals surface area contributed by atoms with Crippen LogP contribution in [0.2, 0.25) is 0 Å². The Bertz CT molecular complexity index is 1410. The molecule has 1 amide bonds. The molecule has 0 spiro atoms. The summed E-state index contributed by atoms with van der Waals surface area (Å²) in [6, 6.07) is 12.3. The molecule has 2 aromatic carbocycles. The largest absolute Gasteiger partial charge is 0.480 e. The molecule has 0 bridgehead atoms. The Labute approximate surface area is 213 Å². The lowest BCUT2D eigenvalue weighted by Crippen LogP contribution is -2.48. The van der Waals surface area contributed by atoms with Gasteiger partial charge >= 0.3 is 5.97 Å². The van der Waals surface area contributed by atoms with Crippen LogP contribution in [0.3, 0.4) is 0 Å². The number of rotatable bonds is 9. The topological polar surface area (TPSA) is 174 Å². The van der Waals surface area contributed by atoms with Gasteiger partial charge in [-0.2, -0.15) is 4.72 Å². The van der Waals surface area contributed by atoms with Crippen LogP contribution in [0.25, 0.3) is 10.4 Å². The quantitative estimate of drug-likeness (QED) is 0.182. The van der Waals surface area contributed by atoms with Gasteiger partial charge in [-0.3, -0.25) is 15.0 Å². The fourth-order valence-corrected chi connectivity index (χ4v) is 6.38. The molecule has 3 aromatic rings. The van der Waals surface area contributed by atoms with E-state index in [1.807, 2.05) is 13.0 Å². The van der Waals surface area contributed by atoms with Crippen molar-refractivity contribution in [2.75, 3.05) is 11.9 Å². The molecule has 3 rings (SSSR count). The molecular weight excluding hydrogens is 502 g/mol. The number of carboxylic acids is 1. The van der Waals surface area contributed by atoms with Gasteiger partial charge in [0.2, 0.25) is 10.0 Å². The lowest BCUT2D eigenvalue weighted by molar-refractivity contribution is -0.138. The summed E-state index contributed by atoms with van der Waals surface area (Å²) in [5.74, 6) is -2.14. The number of thiophene rings is 1. The average molecular weight is 530 g/mol. The summed E-state index contributed by atoms with van der Waals surface area (Å²) in [7, 11) is -4.15. The van der Waals surface area contributed by atoms with Crippen LogP contribution in [0, 0.1) is 26.2 Å². The highest BCUT2D eigenvalue weighted by Crippen LogP contribution is 2.30. The Morgan fingerprint density at radius 1 is 1.08 bits per heavy atom. The van der Waals surface area contributed by atoms with E-state index >= 15 is 0 Å². The Morgan fingerprint density at radius 2 is 1.75 bits per heavy atom. The van der Waals surface area contributed by atoms with Crippen LogP contribution in [-0.2, 0) is 14.8 Å². The number of hydrogen-bond acceptors (Lipinski definition) is 6. The minimum atomic E-state index is -4.15. The third-order valence-corrected chi connectivity index (χ3v) is 8.10. The average Bonchev–Trinajstić information content (AvgIpc) is 3.25. The number of guanidine groups is 1. The normalized spacial score (nSPS) is 12.1. The van der Waals surface area contributed by atoms with E-state index in [1.54, 1.807) is 56.3 Å². The number of sulfonamides is 1. The first kappa shape index (κ1) is 26.9. The molecule has 7 N–H and O–H groups in total. The van der Waals surface area contributed by atoms with E-state index in [-0.39, 0.29) is 10.9 Å². The van der Waals surface area contributed by atoms with Gasteiger partial charge in [-0.05, 0) is 61.7 Å². The molecule has 1 unspecified atom stereocenters. The monoisotopic (exact) mass is 529 g/mol. The third-order valence-electron chi connectivity index (χ3n) is 5.19. The van der Waals surface area contributed by atoms with E-state index < -0.39 is 34.5 Å². The second-order valence-electron chi connectivity index (χ2n) is 8.23. The van der Waals surface area contributed by atoms with Crippen molar-refractivity contribution in [2.45, 2.75) is 31.7 Å². The standard InChI is InChI=1S/C24H27N5O5S2/c1-13-9-14(2)21(15(3)10-13)36(33,34)29-18(23(31)32)12-27-22(30)20-8-7-19(35-20)16-5-4-6-17(11-16)28-24(25)26/h4-11,18,29H,12H2,1-3H3,(H,27,30)(H,31,32)(H4,25,26,28). The van der Waals surface area contributed by atoms with E-state index in [0.29, 0.717) is 21.7 Å². The Balaban J connectivity index is 1.72. The molecule has 12 heteroatoms. The van der Waals surface area contributed by atoms with E-state index in [4.69, 9.17) is 11.1 Å². The molecule has 0 aliphatic carbocycles. The molecule has 0 aliphatic heterocycles. The van der Waals surface area contributed by atoms with Crippen LogP contribution in [0.5, 0.6) is 0 Å². The van der Waals surface area contributed by atoms with Crippen LogP contribution in [0.4, 0.5) is 5.69 Å². The van der Waals surface area contributed by atoms with Crippen LogP contribution in [-0.4, -0.2) is 43.9 Å². The summed E-state index contributed by atoms with van der Waals surface area (Å²) >= 11 is 1.19. The fourth-order valence-electron chi connectivity index (χ4n) is 3.82. The molecular formula is C24H27N5O5S2. The van der Waals surface area contributed by atoms with Crippen LogP contribution >= 0.6 is 11.3 Å². The van der Waals surface area contributed by atoms with Gasteiger partial charge in [0.1, 0.15) is 6.04 Å². The van der Waals surface area contributed by atoms with E-state index in [0.717, 1.165) is 16.0 Å². The van der Waals surface area contributed by atoms with Crippen LogP contribution < -0.4 is 21.1 Å². The van der Waals surface area contributed by atoms with Crippen LogP contribution in [0.1, 0.15) is 26.4 Å². The number of amides is 1. The Morgan fingerprint density at radius 3 is 2.36 bits per heavy atom. The molecule has 190 valence electrons. The molecule has 0 radical (unpaired) electrons. The highest BCUT2D eigenvalue weighted by atomic mass is 32.2. The van der Waals surface area contributed by atoms with E-state index in [2.05, 4.69) is 15.4 Å². The maximum absolute atomic E-state index is 13.0. The summed E-state index contributed by atoms with van der Waals surface area (Å²) in [4.78, 5) is 25.6. The molecule has 10 nitrogen and oxygen atoms in total. The lowest BCUT2D eigenvalue weighted by Gasteiger charge is -2.18. The summed E-state index contributed by atoms with van der Waals surface area (Å²) < 4.78 is 28.1. The zero-order chi connectivity index (χ0) is 26.6. The predicted molar refractivity (Wildman–Crippen MR) is 140 cm³/mol. The maximum atomic E-state index is 13.0. The second-order valence-corrected chi connectivity index (χ2v) is 11.0. The van der Waals surface area contributed by atoms with Gasteiger partial charge in [0.05, 0.1) is 9.77 Å². The summed E-state index contributed by atoms with van der Waals surface area (Å²) in [5, 5.41) is 22.1. The highest BCUT2D eigenvalue weighted by Gasteiger charge is 2.28. The number of aryl methyl sites for hydroxylation is 3. The van der Waals surface area contributed by atoms with Crippen LogP contribution in [0.15, 0.2) is 53.4 Å². The minimum Gasteiger partial charge on any atom is -0.480 e. The van der Waals surface area contributed by atoms with Crippen molar-refractivity contribution in [1.29, 1.82) is 5.41 Å². The number of carbonyl (C=O) groups excluding carboxylic acids is 1. The fraction of sp³-hybridized carbons (Fsp3) is 0.208. The summed E-state index contributed by atoms with van der Waals surface area (Å²) in [5.41, 5.74) is 8.68. The van der Waals surface area contributed by atoms with Gasteiger partial charge in [-0.25, -0.2) is 8.42 Å². The number of anilines is 1. The molecule has 0 aliphatic rings. The molecule has 1 heterocycles. The van der Waals surface area contributed by atoms with Crippen molar-refractivity contribution in [3.63, 3.8) is 0 Å². The van der Waals surface area contributed by atoms with Crippen molar-refractivity contribution in [2.24, 2.45) is 5.73 Å². The molecule has 1 aromatic heterocycles. The summed E-state index contributed by atoms with van der Waals surface area (Å²) in [6.07, 6.45) is 0. The van der Waals surface area contributed by atoms with Crippen molar-refractivity contribution in [1.82, 2.24) is 10.0 Å². The second kappa shape index (κ2) is 10.9. The first-order valence-corrected chi connectivity index (χ1v) is 13.1. The predicted octanol–water partition coefficient (Wildman–Crippen LogP) is 2.81. The number of aliphatic carboxylic acids is 1. The van der Waals surface area contributed by atoms with Crippen molar-refractivity contribution in [3.8, 4) is 10.4 Å². The number of nitrogens with one attached hydrogen (secondary N) is 4. The smallest absolute Gasteiger partial charge is 0.323 e. The first-order valence-electron chi connectivity index (χ1n) is 10.8. The maximum Gasteiger partial charge on any atom is 0.323 e. The Kier molecular flexibility index (Phi) is 8.13.